The van der Waals surface area contributed by atoms with Crippen LogP contribution in [0.5, 0.6) is 0 Å². The van der Waals surface area contributed by atoms with Crippen LogP contribution in [0.1, 0.15) is 23.2 Å². The van der Waals surface area contributed by atoms with Crippen molar-refractivity contribution >= 4 is 26.8 Å². The van der Waals surface area contributed by atoms with E-state index in [1.54, 1.807) is 18.5 Å². The van der Waals surface area contributed by atoms with E-state index in [1.165, 1.54) is 17.6 Å². The van der Waals surface area contributed by atoms with Gasteiger partial charge in [-0.2, -0.15) is 0 Å². The second-order valence-corrected chi connectivity index (χ2v) is 8.31. The predicted molar refractivity (Wildman–Crippen MR) is 97.3 cm³/mol. The van der Waals surface area contributed by atoms with Crippen molar-refractivity contribution in [3.63, 3.8) is 0 Å². The minimum atomic E-state index is -3.30. The number of methoxy groups -OCH3 is 1. The summed E-state index contributed by atoms with van der Waals surface area (Å²) in [4.78, 5) is 21.0. The lowest BCUT2D eigenvalue weighted by atomic mass is 10.1. The first-order valence-corrected chi connectivity index (χ1v) is 10.1. The Bertz CT molecular complexity index is 874. The Hall–Kier alpha value is -2.10. The fourth-order valence-corrected chi connectivity index (χ4v) is 4.43. The Balaban J connectivity index is 1.62. The molecule has 3 rings (SSSR count). The van der Waals surface area contributed by atoms with Crippen molar-refractivity contribution < 1.29 is 17.9 Å². The van der Waals surface area contributed by atoms with Gasteiger partial charge in [0, 0.05) is 50.2 Å². The van der Waals surface area contributed by atoms with E-state index < -0.39 is 10.0 Å². The van der Waals surface area contributed by atoms with Crippen LogP contribution in [0.25, 0.3) is 10.9 Å². The van der Waals surface area contributed by atoms with Gasteiger partial charge < -0.3 is 10.1 Å². The average molecular weight is 378 g/mol. The highest BCUT2D eigenvalue weighted by Crippen LogP contribution is 2.17. The summed E-state index contributed by atoms with van der Waals surface area (Å²) >= 11 is 0. The van der Waals surface area contributed by atoms with Crippen LogP contribution in [0, 0.1) is 0 Å². The third kappa shape index (κ3) is 4.17. The number of carbonyl (C=O) groups is 1. The molecule has 1 N–H and O–H groups in total. The number of hydrogen-bond acceptors (Lipinski definition) is 6. The number of sulfonamides is 1. The molecule has 1 aliphatic heterocycles. The lowest BCUT2D eigenvalue weighted by molar-refractivity contribution is 0.0925. The highest BCUT2D eigenvalue weighted by Gasteiger charge is 2.28. The molecule has 0 aliphatic carbocycles. The van der Waals surface area contributed by atoms with Gasteiger partial charge in [-0.15, -0.1) is 0 Å². The summed E-state index contributed by atoms with van der Waals surface area (Å²) in [6.07, 6.45) is 5.97. The number of pyridine rings is 2. The molecular formula is C17H22N4O4S. The number of nitrogens with zero attached hydrogens (tertiary/aromatic N) is 3. The summed E-state index contributed by atoms with van der Waals surface area (Å²) in [5, 5.41) is 3.78. The minimum Gasteiger partial charge on any atom is -0.384 e. The van der Waals surface area contributed by atoms with E-state index in [4.69, 9.17) is 4.74 Å². The Kier molecular flexibility index (Phi) is 5.80. The van der Waals surface area contributed by atoms with Crippen molar-refractivity contribution in [1.82, 2.24) is 19.6 Å². The zero-order valence-electron chi connectivity index (χ0n) is 14.6. The van der Waals surface area contributed by atoms with Gasteiger partial charge in [0.2, 0.25) is 10.0 Å². The molecule has 1 aliphatic rings. The Morgan fingerprint density at radius 2 is 2.12 bits per heavy atom. The van der Waals surface area contributed by atoms with E-state index in [0.717, 1.165) is 5.39 Å². The monoisotopic (exact) mass is 378 g/mol. The molecule has 2 aromatic heterocycles. The molecule has 0 unspecified atom stereocenters. The van der Waals surface area contributed by atoms with Crippen molar-refractivity contribution in [2.24, 2.45) is 0 Å². The smallest absolute Gasteiger partial charge is 0.255 e. The molecule has 1 amide bonds. The number of rotatable bonds is 6. The van der Waals surface area contributed by atoms with E-state index in [0.29, 0.717) is 37.0 Å². The first-order valence-electron chi connectivity index (χ1n) is 8.47. The highest BCUT2D eigenvalue weighted by atomic mass is 32.2. The molecule has 0 atom stereocenters. The van der Waals surface area contributed by atoms with E-state index in [1.807, 2.05) is 6.07 Å². The fourth-order valence-electron chi connectivity index (χ4n) is 3.03. The van der Waals surface area contributed by atoms with Crippen molar-refractivity contribution in [3.8, 4) is 0 Å². The van der Waals surface area contributed by atoms with Gasteiger partial charge in [0.05, 0.1) is 23.4 Å². The molecule has 3 heterocycles. The summed E-state index contributed by atoms with van der Waals surface area (Å²) in [5.74, 6) is -0.254. The van der Waals surface area contributed by atoms with Gasteiger partial charge in [-0.05, 0) is 25.0 Å². The van der Waals surface area contributed by atoms with Gasteiger partial charge in [-0.1, -0.05) is 0 Å². The lowest BCUT2D eigenvalue weighted by Gasteiger charge is -2.31. The van der Waals surface area contributed by atoms with Gasteiger partial charge in [-0.25, -0.2) is 12.7 Å². The predicted octanol–water partition coefficient (Wildman–Crippen LogP) is 0.800. The van der Waals surface area contributed by atoms with Gasteiger partial charge in [0.1, 0.15) is 0 Å². The first kappa shape index (κ1) is 18.7. The number of aromatic nitrogens is 2. The zero-order valence-corrected chi connectivity index (χ0v) is 15.4. The molecule has 140 valence electrons. The number of piperidine rings is 1. The van der Waals surface area contributed by atoms with E-state index in [2.05, 4.69) is 15.3 Å². The SMILES string of the molecule is COCCS(=O)(=O)N1CCC(NC(=O)c2cncc3cccnc23)CC1. The average Bonchev–Trinajstić information content (AvgIpc) is 2.66. The largest absolute Gasteiger partial charge is 0.384 e. The molecule has 0 spiro atoms. The van der Waals surface area contributed by atoms with Crippen molar-refractivity contribution in [2.45, 2.75) is 18.9 Å². The number of amides is 1. The molecule has 8 nitrogen and oxygen atoms in total. The molecule has 26 heavy (non-hydrogen) atoms. The van der Waals surface area contributed by atoms with Crippen LogP contribution in [0.3, 0.4) is 0 Å². The topological polar surface area (TPSA) is 101 Å². The third-order valence-corrected chi connectivity index (χ3v) is 6.32. The van der Waals surface area contributed by atoms with Crippen molar-refractivity contribution in [3.05, 3.63) is 36.3 Å². The maximum Gasteiger partial charge on any atom is 0.255 e. The van der Waals surface area contributed by atoms with Crippen LogP contribution >= 0.6 is 0 Å². The Morgan fingerprint density at radius 1 is 1.35 bits per heavy atom. The van der Waals surface area contributed by atoms with Crippen LogP contribution in [0.2, 0.25) is 0 Å². The van der Waals surface area contributed by atoms with Crippen LogP contribution in [-0.4, -0.2) is 67.2 Å². The van der Waals surface area contributed by atoms with Crippen LogP contribution in [0.4, 0.5) is 0 Å². The van der Waals surface area contributed by atoms with Gasteiger partial charge >= 0.3 is 0 Å². The number of carbonyl (C=O) groups excluding carboxylic acids is 1. The molecule has 1 fully saturated rings. The normalized spacial score (nSPS) is 16.7. The van der Waals surface area contributed by atoms with Crippen molar-refractivity contribution in [1.29, 1.82) is 0 Å². The summed E-state index contributed by atoms with van der Waals surface area (Å²) in [6, 6.07) is 3.58. The van der Waals surface area contributed by atoms with E-state index in [-0.39, 0.29) is 24.3 Å². The molecule has 0 aromatic carbocycles. The Labute approximate surface area is 152 Å². The van der Waals surface area contributed by atoms with Gasteiger partial charge in [0.15, 0.2) is 0 Å². The van der Waals surface area contributed by atoms with Gasteiger partial charge in [0.25, 0.3) is 5.91 Å². The molecule has 0 radical (unpaired) electrons. The molecule has 0 saturated carbocycles. The molecule has 0 bridgehead atoms. The zero-order chi connectivity index (χ0) is 18.6. The third-order valence-electron chi connectivity index (χ3n) is 4.48. The van der Waals surface area contributed by atoms with Crippen LogP contribution in [-0.2, 0) is 14.8 Å². The number of ether oxygens (including phenoxy) is 1. The summed E-state index contributed by atoms with van der Waals surface area (Å²) in [5.41, 5.74) is 1.04. The maximum atomic E-state index is 12.6. The molecule has 2 aromatic rings. The second kappa shape index (κ2) is 8.07. The summed E-state index contributed by atoms with van der Waals surface area (Å²) in [7, 11) is -1.82. The standard InChI is InChI=1S/C17H22N4O4S/c1-25-9-10-26(23,24)21-7-4-14(5-8-21)20-17(22)15-12-18-11-13-3-2-6-19-16(13)15/h2-3,6,11-12,14H,4-5,7-10H2,1H3,(H,20,22). The number of fused-ring (bicyclic) bond motifs is 1. The minimum absolute atomic E-state index is 0.0200. The van der Waals surface area contributed by atoms with Crippen LogP contribution < -0.4 is 5.32 Å². The summed E-state index contributed by atoms with van der Waals surface area (Å²) < 4.78 is 30.7. The number of hydrogen-bond donors (Lipinski definition) is 1. The van der Waals surface area contributed by atoms with Crippen molar-refractivity contribution in [2.75, 3.05) is 32.6 Å². The van der Waals surface area contributed by atoms with E-state index >= 15 is 0 Å². The van der Waals surface area contributed by atoms with E-state index in [9.17, 15) is 13.2 Å². The summed E-state index contributed by atoms with van der Waals surface area (Å²) in [6.45, 7) is 0.964. The molecule has 9 heteroatoms. The first-order chi connectivity index (χ1) is 12.5. The maximum absolute atomic E-state index is 12.6. The lowest BCUT2D eigenvalue weighted by Crippen LogP contribution is -2.47. The fraction of sp³-hybridized carbons (Fsp3) is 0.471. The van der Waals surface area contributed by atoms with Crippen LogP contribution in [0.15, 0.2) is 30.7 Å². The Morgan fingerprint density at radius 3 is 2.85 bits per heavy atom. The second-order valence-electron chi connectivity index (χ2n) is 6.22. The van der Waals surface area contributed by atoms with Gasteiger partial charge in [-0.3, -0.25) is 14.8 Å². The molecule has 1 saturated heterocycles. The number of nitrogens with one attached hydrogen (secondary N) is 1. The highest BCUT2D eigenvalue weighted by molar-refractivity contribution is 7.89. The quantitative estimate of drug-likeness (QED) is 0.798. The molecular weight excluding hydrogens is 356 g/mol.